The first kappa shape index (κ1) is 26.5. The van der Waals surface area contributed by atoms with Crippen molar-refractivity contribution in [2.24, 2.45) is 17.1 Å². The molecule has 3 amide bonds. The molecule has 5 rings (SSSR count). The third-order valence-corrected chi connectivity index (χ3v) is 9.16. The average molecular weight is 531 g/mol. The summed E-state index contributed by atoms with van der Waals surface area (Å²) >= 11 is 0. The van der Waals surface area contributed by atoms with Gasteiger partial charge in [-0.2, -0.15) is 0 Å². The molecule has 2 aliphatic heterocycles. The number of rotatable bonds is 8. The fourth-order valence-electron chi connectivity index (χ4n) is 7.05. The zero-order valence-electron chi connectivity index (χ0n) is 22.2. The number of nitrogen functional groups attached to an aromatic ring is 1. The number of carbonyl (C=O) groups excluding carboxylic acids is 2. The molecule has 0 unspecified atom stereocenters. The van der Waals surface area contributed by atoms with Crippen molar-refractivity contribution in [2.75, 3.05) is 26.3 Å². The van der Waals surface area contributed by atoms with Gasteiger partial charge in [-0.15, -0.1) is 0 Å². The normalized spacial score (nSPS) is 29.3. The number of ether oxygens (including phenoxy) is 1. The molecule has 12 nitrogen and oxygen atoms in total. The SMILES string of the molecule is CCCCn1c(O)c(C(=N)N)c(=O)n(C2CCC3(CC2)CC2(C3)C(=O)N(CC)C(=O)N2CC2COC2)c1=O. The lowest BCUT2D eigenvalue weighted by atomic mass is 9.51. The smallest absolute Gasteiger partial charge is 0.334 e. The fourth-order valence-corrected chi connectivity index (χ4v) is 7.05. The Morgan fingerprint density at radius 2 is 1.79 bits per heavy atom. The molecule has 4 aliphatic rings. The van der Waals surface area contributed by atoms with Crippen molar-refractivity contribution in [3.8, 4) is 5.88 Å². The summed E-state index contributed by atoms with van der Waals surface area (Å²) in [6.45, 7) is 6.08. The van der Waals surface area contributed by atoms with Gasteiger partial charge in [0.2, 0.25) is 5.88 Å². The minimum absolute atomic E-state index is 0.113. The topological polar surface area (TPSA) is 164 Å². The molecule has 38 heavy (non-hydrogen) atoms. The summed E-state index contributed by atoms with van der Waals surface area (Å²) < 4.78 is 7.61. The summed E-state index contributed by atoms with van der Waals surface area (Å²) in [6.07, 6.45) is 5.12. The maximum Gasteiger partial charge on any atom is 0.334 e. The van der Waals surface area contributed by atoms with Crippen LogP contribution in [-0.2, 0) is 16.1 Å². The molecule has 2 saturated heterocycles. The van der Waals surface area contributed by atoms with Crippen LogP contribution in [0.1, 0.15) is 76.8 Å². The molecule has 4 fully saturated rings. The molecule has 0 bridgehead atoms. The fraction of sp³-hybridized carbons (Fsp3) is 0.731. The van der Waals surface area contributed by atoms with Gasteiger partial charge >= 0.3 is 11.7 Å². The summed E-state index contributed by atoms with van der Waals surface area (Å²) in [5.74, 6) is -0.981. The van der Waals surface area contributed by atoms with E-state index in [2.05, 4.69) is 0 Å². The van der Waals surface area contributed by atoms with E-state index in [1.54, 1.807) is 4.90 Å². The zero-order chi connectivity index (χ0) is 27.4. The number of nitrogens with one attached hydrogen (secondary N) is 1. The van der Waals surface area contributed by atoms with Crippen LogP contribution in [-0.4, -0.2) is 73.7 Å². The van der Waals surface area contributed by atoms with E-state index in [4.69, 9.17) is 15.9 Å². The Bertz CT molecular complexity index is 1260. The molecule has 0 atom stereocenters. The van der Waals surface area contributed by atoms with E-state index in [-0.39, 0.29) is 41.4 Å². The maximum atomic E-state index is 13.4. The molecule has 4 N–H and O–H groups in total. The summed E-state index contributed by atoms with van der Waals surface area (Å²) in [4.78, 5) is 56.2. The number of carbonyl (C=O) groups is 2. The Morgan fingerprint density at radius 1 is 1.13 bits per heavy atom. The number of imide groups is 1. The lowest BCUT2D eigenvalue weighted by molar-refractivity contribution is -0.153. The van der Waals surface area contributed by atoms with Crippen LogP contribution in [0.15, 0.2) is 9.59 Å². The second-order valence-electron chi connectivity index (χ2n) is 11.5. The van der Waals surface area contributed by atoms with Crippen LogP contribution in [0.25, 0.3) is 0 Å². The quantitative estimate of drug-likeness (QED) is 0.259. The van der Waals surface area contributed by atoms with Gasteiger partial charge in [0.1, 0.15) is 16.9 Å². The Hall–Kier alpha value is -3.15. The molecule has 12 heteroatoms. The molecule has 3 heterocycles. The van der Waals surface area contributed by atoms with Crippen molar-refractivity contribution < 1.29 is 19.4 Å². The Morgan fingerprint density at radius 3 is 2.32 bits per heavy atom. The molecule has 208 valence electrons. The first-order valence-corrected chi connectivity index (χ1v) is 13.7. The highest BCUT2D eigenvalue weighted by Crippen LogP contribution is 2.62. The predicted molar refractivity (Wildman–Crippen MR) is 138 cm³/mol. The number of amides is 3. The minimum Gasteiger partial charge on any atom is -0.494 e. The van der Waals surface area contributed by atoms with Crippen LogP contribution < -0.4 is 17.0 Å². The van der Waals surface area contributed by atoms with Gasteiger partial charge in [0.05, 0.1) is 13.2 Å². The van der Waals surface area contributed by atoms with Crippen LogP contribution in [0, 0.1) is 16.7 Å². The summed E-state index contributed by atoms with van der Waals surface area (Å²) in [5, 5.41) is 18.4. The van der Waals surface area contributed by atoms with Gasteiger partial charge in [-0.25, -0.2) is 9.59 Å². The Labute approximate surface area is 220 Å². The van der Waals surface area contributed by atoms with Crippen LogP contribution in [0.3, 0.4) is 0 Å². The average Bonchev–Trinajstić information content (AvgIpc) is 3.02. The van der Waals surface area contributed by atoms with Gasteiger partial charge in [0, 0.05) is 31.6 Å². The monoisotopic (exact) mass is 530 g/mol. The Balaban J connectivity index is 1.37. The van der Waals surface area contributed by atoms with Gasteiger partial charge in [0.25, 0.3) is 11.5 Å². The van der Waals surface area contributed by atoms with Crippen LogP contribution in [0.4, 0.5) is 4.79 Å². The molecular weight excluding hydrogens is 492 g/mol. The number of likely N-dealkylation sites (N-methyl/N-ethyl adjacent to an activating group) is 1. The molecule has 1 aromatic heterocycles. The number of nitrogens with two attached hydrogens (primary N) is 1. The van der Waals surface area contributed by atoms with Gasteiger partial charge < -0.3 is 20.5 Å². The van der Waals surface area contributed by atoms with Gasteiger partial charge in [0.15, 0.2) is 0 Å². The number of hydrogen-bond acceptors (Lipinski definition) is 7. The summed E-state index contributed by atoms with van der Waals surface area (Å²) in [5.41, 5.74) is 3.04. The standard InChI is InChI=1S/C26H38N6O6/c1-3-5-10-30-20(33)18(19(27)28)21(34)32(24(30)37)17-6-8-25(9-7-17)14-26(15-25)22(35)29(4-2)23(36)31(26)11-16-12-38-13-16/h16-17,33H,3-15H2,1-2H3,(H3,27,28). The number of nitrogens with zero attached hydrogens (tertiary/aromatic N) is 4. The van der Waals surface area contributed by atoms with Gasteiger partial charge in [-0.05, 0) is 57.3 Å². The molecule has 2 saturated carbocycles. The number of urea groups is 1. The third kappa shape index (κ3) is 3.87. The number of hydrogen-bond donors (Lipinski definition) is 3. The molecule has 2 aliphatic carbocycles. The molecule has 0 aromatic carbocycles. The summed E-state index contributed by atoms with van der Waals surface area (Å²) in [6, 6.07) is -0.604. The van der Waals surface area contributed by atoms with Crippen molar-refractivity contribution >= 4 is 17.8 Å². The van der Waals surface area contributed by atoms with Crippen molar-refractivity contribution in [3.05, 3.63) is 26.4 Å². The first-order valence-electron chi connectivity index (χ1n) is 13.7. The van der Waals surface area contributed by atoms with Crippen molar-refractivity contribution in [3.63, 3.8) is 0 Å². The van der Waals surface area contributed by atoms with E-state index in [0.29, 0.717) is 71.2 Å². The van der Waals surface area contributed by atoms with E-state index in [0.717, 1.165) is 11.0 Å². The maximum absolute atomic E-state index is 13.4. The third-order valence-electron chi connectivity index (χ3n) is 9.16. The summed E-state index contributed by atoms with van der Waals surface area (Å²) in [7, 11) is 0. The Kier molecular flexibility index (Phi) is 6.65. The van der Waals surface area contributed by atoms with Gasteiger partial charge in [-0.1, -0.05) is 13.3 Å². The van der Waals surface area contributed by atoms with E-state index >= 15 is 0 Å². The van der Waals surface area contributed by atoms with E-state index in [1.807, 2.05) is 13.8 Å². The molecule has 0 radical (unpaired) electrons. The minimum atomic E-state index is -0.806. The second kappa shape index (κ2) is 9.55. The van der Waals surface area contributed by atoms with Crippen LogP contribution in [0.5, 0.6) is 5.88 Å². The van der Waals surface area contributed by atoms with Crippen molar-refractivity contribution in [2.45, 2.75) is 83.3 Å². The van der Waals surface area contributed by atoms with E-state index < -0.39 is 28.5 Å². The molecule has 1 aromatic rings. The highest BCUT2D eigenvalue weighted by atomic mass is 16.5. The largest absolute Gasteiger partial charge is 0.494 e. The number of aromatic nitrogens is 2. The highest BCUT2D eigenvalue weighted by Gasteiger charge is 2.68. The van der Waals surface area contributed by atoms with E-state index in [9.17, 15) is 24.3 Å². The lowest BCUT2D eigenvalue weighted by Crippen LogP contribution is -2.65. The number of aromatic hydroxyl groups is 1. The molecular formula is C26H38N6O6. The zero-order valence-corrected chi connectivity index (χ0v) is 22.2. The van der Waals surface area contributed by atoms with Crippen molar-refractivity contribution in [1.82, 2.24) is 18.9 Å². The van der Waals surface area contributed by atoms with E-state index in [1.165, 1.54) is 9.47 Å². The highest BCUT2D eigenvalue weighted by molar-refractivity contribution is 6.07. The second-order valence-corrected chi connectivity index (χ2v) is 11.5. The lowest BCUT2D eigenvalue weighted by Gasteiger charge is -2.58. The molecule has 2 spiro atoms. The van der Waals surface area contributed by atoms with Gasteiger partial charge in [-0.3, -0.25) is 29.0 Å². The van der Waals surface area contributed by atoms with Crippen LogP contribution in [0.2, 0.25) is 0 Å². The predicted octanol–water partition coefficient (Wildman–Crippen LogP) is 1.36. The van der Waals surface area contributed by atoms with Crippen molar-refractivity contribution in [1.29, 1.82) is 5.41 Å². The number of amidine groups is 1. The number of unbranched alkanes of at least 4 members (excludes halogenated alkanes) is 1. The van der Waals surface area contributed by atoms with Crippen LogP contribution >= 0.6 is 0 Å². The first-order chi connectivity index (χ1) is 18.1.